The number of alkyl halides is 1. The van der Waals surface area contributed by atoms with Gasteiger partial charge in [0.25, 0.3) is 0 Å². The molecular weight excluding hydrogens is 124 g/mol. The Morgan fingerprint density at radius 1 is 1.67 bits per heavy atom. The van der Waals surface area contributed by atoms with Crippen molar-refractivity contribution in [1.82, 2.24) is 0 Å². The lowest BCUT2D eigenvalue weighted by atomic mass is 11.7. The lowest BCUT2D eigenvalue weighted by molar-refractivity contribution is -0.459. The smallest absolute Gasteiger partial charge is 0.259 e. The lowest BCUT2D eigenvalue weighted by Gasteiger charge is -1.89. The van der Waals surface area contributed by atoms with Crippen LogP contribution in [0.4, 0.5) is 0 Å². The zero-order valence-electron chi connectivity index (χ0n) is 2.81. The first-order valence-corrected chi connectivity index (χ1v) is 2.04. The molecular formula is CH2ClO3Si. The van der Waals surface area contributed by atoms with Gasteiger partial charge in [0.15, 0.2) is 6.07 Å². The van der Waals surface area contributed by atoms with Crippen molar-refractivity contribution in [3.8, 4) is 0 Å². The maximum absolute atomic E-state index is 4.93. The van der Waals surface area contributed by atoms with Gasteiger partial charge in [0.05, 0.1) is 0 Å². The predicted octanol–water partition coefficient (Wildman–Crippen LogP) is 0.146. The summed E-state index contributed by atoms with van der Waals surface area (Å²) in [6.07, 6.45) is 0. The summed E-state index contributed by atoms with van der Waals surface area (Å²) in [7, 11) is 2.49. The maximum atomic E-state index is 4.93. The summed E-state index contributed by atoms with van der Waals surface area (Å²) in [5.74, 6) is 0. The fourth-order valence-electron chi connectivity index (χ4n) is 0.0422. The molecule has 0 aromatic carbocycles. The molecule has 0 heterocycles. The second-order valence-corrected chi connectivity index (χ2v) is 0.763. The maximum Gasteiger partial charge on any atom is 0.307 e. The van der Waals surface area contributed by atoms with E-state index in [0.29, 0.717) is 0 Å². The highest BCUT2D eigenvalue weighted by Crippen LogP contribution is 1.78. The Morgan fingerprint density at radius 2 is 2.33 bits per heavy atom. The first-order chi connectivity index (χ1) is 2.91. The first-order valence-electron chi connectivity index (χ1n) is 1.09. The van der Waals surface area contributed by atoms with E-state index in [0.717, 1.165) is 0 Å². The molecule has 0 saturated carbocycles. The minimum absolute atomic E-state index is 0.0511. The minimum atomic E-state index is -0.0511. The molecule has 5 heteroatoms. The van der Waals surface area contributed by atoms with Gasteiger partial charge in [-0.15, -0.1) is 0 Å². The van der Waals surface area contributed by atoms with E-state index in [1.165, 1.54) is 0 Å². The largest absolute Gasteiger partial charge is 0.307 e. The Kier molecular flexibility index (Phi) is 5.73. The fourth-order valence-corrected chi connectivity index (χ4v) is 0.127. The quantitative estimate of drug-likeness (QED) is 0.177. The van der Waals surface area contributed by atoms with E-state index in [4.69, 9.17) is 11.6 Å². The Labute approximate surface area is 43.5 Å². The number of hydrogen-bond acceptors (Lipinski definition) is 3. The van der Waals surface area contributed by atoms with Crippen LogP contribution in [0.15, 0.2) is 0 Å². The highest BCUT2D eigenvalue weighted by atomic mass is 35.5. The van der Waals surface area contributed by atoms with Gasteiger partial charge in [0.1, 0.15) is 0 Å². The van der Waals surface area contributed by atoms with Crippen molar-refractivity contribution in [3.05, 3.63) is 0 Å². The van der Waals surface area contributed by atoms with Crippen LogP contribution in [0.1, 0.15) is 0 Å². The number of halogens is 1. The van der Waals surface area contributed by atoms with Crippen molar-refractivity contribution >= 4 is 22.1 Å². The SMILES string of the molecule is [Si]OOOCCl. The molecule has 0 N–H and O–H groups in total. The van der Waals surface area contributed by atoms with Crippen LogP contribution in [0.5, 0.6) is 0 Å². The third-order valence-electron chi connectivity index (χ3n) is 0.127. The molecule has 3 nitrogen and oxygen atoms in total. The Hall–Kier alpha value is 0.387. The summed E-state index contributed by atoms with van der Waals surface area (Å²) < 4.78 is 3.78. The van der Waals surface area contributed by atoms with Gasteiger partial charge in [-0.1, -0.05) is 16.6 Å². The van der Waals surface area contributed by atoms with Crippen LogP contribution < -0.4 is 0 Å². The molecule has 0 aliphatic rings. The van der Waals surface area contributed by atoms with Gasteiger partial charge in [-0.05, 0) is 0 Å². The van der Waals surface area contributed by atoms with E-state index in [1.54, 1.807) is 0 Å². The third-order valence-corrected chi connectivity index (χ3v) is 0.284. The van der Waals surface area contributed by atoms with Crippen molar-refractivity contribution in [2.75, 3.05) is 6.07 Å². The average Bonchev–Trinajstić information content (AvgIpc) is 1.61. The van der Waals surface area contributed by atoms with Crippen molar-refractivity contribution in [2.24, 2.45) is 0 Å². The molecule has 35 valence electrons. The molecule has 0 amide bonds. The van der Waals surface area contributed by atoms with Crippen molar-refractivity contribution < 1.29 is 14.5 Å². The molecule has 0 spiro atoms. The van der Waals surface area contributed by atoms with Crippen molar-refractivity contribution in [2.45, 2.75) is 0 Å². The predicted molar refractivity (Wildman–Crippen MR) is 19.7 cm³/mol. The highest BCUT2D eigenvalue weighted by Gasteiger charge is 1.74. The highest BCUT2D eigenvalue weighted by molar-refractivity contribution is 6.17. The molecule has 0 aliphatic carbocycles. The number of hydrogen-bond donors (Lipinski definition) is 0. The van der Waals surface area contributed by atoms with E-state index < -0.39 is 0 Å². The van der Waals surface area contributed by atoms with Crippen LogP contribution in [0.3, 0.4) is 0 Å². The topological polar surface area (TPSA) is 27.7 Å². The van der Waals surface area contributed by atoms with Crippen molar-refractivity contribution in [3.63, 3.8) is 0 Å². The average molecular weight is 126 g/mol. The molecule has 6 heavy (non-hydrogen) atoms. The van der Waals surface area contributed by atoms with Gasteiger partial charge < -0.3 is 0 Å². The second kappa shape index (κ2) is 5.39. The van der Waals surface area contributed by atoms with Crippen LogP contribution >= 0.6 is 11.6 Å². The molecule has 0 unspecified atom stereocenters. The van der Waals surface area contributed by atoms with Gasteiger partial charge in [-0.2, -0.15) is 4.89 Å². The Bertz CT molecular complexity index is 22.8. The molecule has 0 fully saturated rings. The fraction of sp³-hybridized carbons (Fsp3) is 1.00. The molecule has 3 radical (unpaired) electrons. The summed E-state index contributed by atoms with van der Waals surface area (Å²) >= 11 is 4.93. The van der Waals surface area contributed by atoms with Crippen LogP contribution in [-0.2, 0) is 14.5 Å². The monoisotopic (exact) mass is 125 g/mol. The van der Waals surface area contributed by atoms with E-state index in [9.17, 15) is 0 Å². The van der Waals surface area contributed by atoms with Gasteiger partial charge in [-0.25, -0.2) is 0 Å². The van der Waals surface area contributed by atoms with E-state index in [1.807, 2.05) is 0 Å². The first kappa shape index (κ1) is 6.39. The van der Waals surface area contributed by atoms with Gasteiger partial charge in [-0.3, -0.25) is 4.58 Å². The Morgan fingerprint density at radius 3 is 2.50 bits per heavy atom. The summed E-state index contributed by atoms with van der Waals surface area (Å²) in [6, 6.07) is -0.0511. The molecule has 0 aromatic rings. The molecule has 0 saturated heterocycles. The van der Waals surface area contributed by atoms with E-state index in [-0.39, 0.29) is 6.07 Å². The van der Waals surface area contributed by atoms with E-state index >= 15 is 0 Å². The van der Waals surface area contributed by atoms with Gasteiger partial charge in [0, 0.05) is 0 Å². The summed E-state index contributed by atoms with van der Waals surface area (Å²) in [6.45, 7) is 0. The summed E-state index contributed by atoms with van der Waals surface area (Å²) in [5, 5.41) is 3.76. The normalized spacial score (nSPS) is 9.00. The molecule has 0 aliphatic heterocycles. The van der Waals surface area contributed by atoms with E-state index in [2.05, 4.69) is 25.0 Å². The molecule has 0 bridgehead atoms. The van der Waals surface area contributed by atoms with Crippen molar-refractivity contribution in [1.29, 1.82) is 0 Å². The van der Waals surface area contributed by atoms with Crippen LogP contribution in [-0.4, -0.2) is 16.6 Å². The minimum Gasteiger partial charge on any atom is -0.259 e. The zero-order valence-corrected chi connectivity index (χ0v) is 4.57. The lowest BCUT2D eigenvalue weighted by Crippen LogP contribution is -1.89. The Balaban J connectivity index is 2.34. The zero-order chi connectivity index (χ0) is 4.83. The van der Waals surface area contributed by atoms with Crippen LogP contribution in [0, 0.1) is 0 Å². The molecule has 0 rings (SSSR count). The van der Waals surface area contributed by atoms with Gasteiger partial charge >= 0.3 is 10.5 Å². The summed E-state index contributed by atoms with van der Waals surface area (Å²) in [5.41, 5.74) is 0. The van der Waals surface area contributed by atoms with Crippen LogP contribution in [0.25, 0.3) is 0 Å². The molecule has 0 atom stereocenters. The summed E-state index contributed by atoms with van der Waals surface area (Å²) in [4.78, 5) is 3.98. The number of rotatable bonds is 3. The van der Waals surface area contributed by atoms with Gasteiger partial charge in [0.2, 0.25) is 0 Å². The molecule has 0 aromatic heterocycles. The van der Waals surface area contributed by atoms with Crippen LogP contribution in [0.2, 0.25) is 0 Å². The second-order valence-electron chi connectivity index (χ2n) is 0.378. The third kappa shape index (κ3) is 4.39. The standard InChI is InChI=1S/CH2ClO3Si/c2-1-3-4-5-6/h1H2.